The van der Waals surface area contributed by atoms with Gasteiger partial charge in [0, 0.05) is 31.1 Å². The maximum atomic E-state index is 12.0. The van der Waals surface area contributed by atoms with Gasteiger partial charge < -0.3 is 24.8 Å². The number of nitrogens with one attached hydrogen (secondary N) is 2. The minimum Gasteiger partial charge on any atom is -0.493 e. The average Bonchev–Trinajstić information content (AvgIpc) is 2.61. The van der Waals surface area contributed by atoms with Crippen molar-refractivity contribution in [1.82, 2.24) is 10.6 Å². The Balaban J connectivity index is 0.00000338. The minimum atomic E-state index is -0.470. The molecule has 0 radical (unpaired) electrons. The van der Waals surface area contributed by atoms with Crippen LogP contribution in [-0.4, -0.2) is 57.4 Å². The molecule has 0 spiro atoms. The van der Waals surface area contributed by atoms with Gasteiger partial charge in [0.05, 0.1) is 38.4 Å². The Kier molecular flexibility index (Phi) is 9.11. The van der Waals surface area contributed by atoms with E-state index in [0.717, 1.165) is 6.54 Å². The molecule has 1 aliphatic heterocycles. The molecule has 146 valence electrons. The number of hydrogen-bond donors (Lipinski definition) is 2. The van der Waals surface area contributed by atoms with Gasteiger partial charge in [0.2, 0.25) is 5.91 Å². The van der Waals surface area contributed by atoms with Gasteiger partial charge in [-0.15, -0.1) is 12.4 Å². The van der Waals surface area contributed by atoms with E-state index in [1.165, 1.54) is 20.3 Å². The molecule has 0 aromatic heterocycles. The molecule has 1 aromatic rings. The van der Waals surface area contributed by atoms with E-state index in [1.54, 1.807) is 6.07 Å². The van der Waals surface area contributed by atoms with Gasteiger partial charge in [0.15, 0.2) is 11.5 Å². The Hall–Kier alpha value is -2.10. The largest absolute Gasteiger partial charge is 0.493 e. The van der Waals surface area contributed by atoms with E-state index in [4.69, 9.17) is 14.2 Å². The van der Waals surface area contributed by atoms with Crippen LogP contribution in [0.5, 0.6) is 11.5 Å². The number of benzene rings is 1. The number of carbonyl (C=O) groups is 1. The lowest BCUT2D eigenvalue weighted by atomic mass is 10.1. The Morgan fingerprint density at radius 3 is 2.65 bits per heavy atom. The van der Waals surface area contributed by atoms with E-state index in [-0.39, 0.29) is 30.0 Å². The van der Waals surface area contributed by atoms with Crippen molar-refractivity contribution in [3.63, 3.8) is 0 Å². The van der Waals surface area contributed by atoms with Crippen LogP contribution < -0.4 is 20.1 Å². The van der Waals surface area contributed by atoms with Gasteiger partial charge in [0.1, 0.15) is 0 Å². The summed E-state index contributed by atoms with van der Waals surface area (Å²) in [5.74, 6) is 0.592. The van der Waals surface area contributed by atoms with E-state index >= 15 is 0 Å². The molecule has 1 fully saturated rings. The topological polar surface area (TPSA) is 112 Å². The molecular weight excluding hydrogens is 366 g/mol. The first-order valence-corrected chi connectivity index (χ1v) is 8.02. The van der Waals surface area contributed by atoms with Crippen molar-refractivity contribution in [2.24, 2.45) is 0 Å². The first-order chi connectivity index (χ1) is 12.0. The zero-order valence-corrected chi connectivity index (χ0v) is 15.6. The molecule has 2 N–H and O–H groups in total. The Morgan fingerprint density at radius 2 is 2.08 bits per heavy atom. The van der Waals surface area contributed by atoms with Crippen molar-refractivity contribution in [2.75, 3.05) is 40.5 Å². The first-order valence-electron chi connectivity index (χ1n) is 8.02. The molecule has 2 rings (SSSR count). The van der Waals surface area contributed by atoms with Gasteiger partial charge >= 0.3 is 0 Å². The maximum Gasteiger partial charge on any atom is 0.276 e. The summed E-state index contributed by atoms with van der Waals surface area (Å²) in [4.78, 5) is 22.7. The van der Waals surface area contributed by atoms with Crippen LogP contribution in [0, 0.1) is 10.1 Å². The third-order valence-corrected chi connectivity index (χ3v) is 3.93. The number of nitro groups is 1. The van der Waals surface area contributed by atoms with Crippen molar-refractivity contribution in [3.8, 4) is 11.5 Å². The van der Waals surface area contributed by atoms with Crippen LogP contribution in [0.4, 0.5) is 5.69 Å². The second kappa shape index (κ2) is 10.8. The summed E-state index contributed by atoms with van der Waals surface area (Å²) in [7, 11) is 2.89. The number of morpholine rings is 1. The predicted molar refractivity (Wildman–Crippen MR) is 97.4 cm³/mol. The highest BCUT2D eigenvalue weighted by molar-refractivity contribution is 5.85. The van der Waals surface area contributed by atoms with Crippen LogP contribution in [0.3, 0.4) is 0 Å². The molecule has 0 aliphatic carbocycles. The summed E-state index contributed by atoms with van der Waals surface area (Å²) in [6.07, 6.45) is 0.630. The normalized spacial score (nSPS) is 16.3. The lowest BCUT2D eigenvalue weighted by Gasteiger charge is -2.23. The average molecular weight is 390 g/mol. The second-order valence-electron chi connectivity index (χ2n) is 5.62. The zero-order chi connectivity index (χ0) is 18.2. The molecule has 9 nitrogen and oxygen atoms in total. The molecule has 1 amide bonds. The van der Waals surface area contributed by atoms with Crippen molar-refractivity contribution in [1.29, 1.82) is 0 Å². The van der Waals surface area contributed by atoms with Crippen molar-refractivity contribution in [3.05, 3.63) is 27.8 Å². The van der Waals surface area contributed by atoms with Gasteiger partial charge in [-0.2, -0.15) is 0 Å². The third kappa shape index (κ3) is 6.01. The van der Waals surface area contributed by atoms with Gasteiger partial charge in [-0.25, -0.2) is 0 Å². The summed E-state index contributed by atoms with van der Waals surface area (Å²) >= 11 is 0. The predicted octanol–water partition coefficient (Wildman–Crippen LogP) is 1.07. The Morgan fingerprint density at radius 1 is 1.38 bits per heavy atom. The molecule has 26 heavy (non-hydrogen) atoms. The van der Waals surface area contributed by atoms with E-state index < -0.39 is 4.92 Å². The molecule has 0 bridgehead atoms. The van der Waals surface area contributed by atoms with E-state index in [2.05, 4.69) is 10.6 Å². The fourth-order valence-electron chi connectivity index (χ4n) is 2.66. The Bertz CT molecular complexity index is 622. The van der Waals surface area contributed by atoms with Crippen LogP contribution in [0.1, 0.15) is 12.0 Å². The fraction of sp³-hybridized carbons (Fsp3) is 0.562. The van der Waals surface area contributed by atoms with E-state index in [9.17, 15) is 14.9 Å². The summed E-state index contributed by atoms with van der Waals surface area (Å²) < 4.78 is 15.6. The highest BCUT2D eigenvalue weighted by atomic mass is 35.5. The fourth-order valence-corrected chi connectivity index (χ4v) is 2.66. The van der Waals surface area contributed by atoms with E-state index in [1.807, 2.05) is 0 Å². The number of nitro benzene ring substituents is 1. The number of amides is 1. The van der Waals surface area contributed by atoms with Gasteiger partial charge in [-0.1, -0.05) is 0 Å². The summed E-state index contributed by atoms with van der Waals surface area (Å²) in [5.41, 5.74) is 0.413. The number of hydrogen-bond acceptors (Lipinski definition) is 7. The van der Waals surface area contributed by atoms with Crippen LogP contribution in [-0.2, 0) is 16.0 Å². The molecule has 1 saturated heterocycles. The van der Waals surface area contributed by atoms with Crippen molar-refractivity contribution in [2.45, 2.75) is 18.9 Å². The maximum absolute atomic E-state index is 12.0. The van der Waals surface area contributed by atoms with Crippen molar-refractivity contribution < 1.29 is 23.9 Å². The molecular formula is C16H24ClN3O6. The zero-order valence-electron chi connectivity index (χ0n) is 14.8. The number of nitrogens with zero attached hydrogens (tertiary/aromatic N) is 1. The summed E-state index contributed by atoms with van der Waals surface area (Å²) in [6.45, 7) is 2.19. The Labute approximate surface area is 157 Å². The van der Waals surface area contributed by atoms with Gasteiger partial charge in [-0.3, -0.25) is 14.9 Å². The number of halogens is 1. The third-order valence-electron chi connectivity index (χ3n) is 3.93. The summed E-state index contributed by atoms with van der Waals surface area (Å²) in [5, 5.41) is 17.2. The summed E-state index contributed by atoms with van der Waals surface area (Å²) in [6, 6.07) is 2.91. The number of ether oxygens (including phenoxy) is 3. The standard InChI is InChI=1S/C16H23N3O6.ClH/c1-23-14-7-11(13(19(21)22)9-15(14)24-2)3-4-18-16(20)8-12-10-25-6-5-17-12;/h7,9,12,17H,3-6,8,10H2,1-2H3,(H,18,20);1H. The SMILES string of the molecule is COc1cc(CCNC(=O)CC2COCCN2)c([N+](=O)[O-])cc1OC.Cl. The molecule has 10 heteroatoms. The van der Waals surface area contributed by atoms with Crippen molar-refractivity contribution >= 4 is 24.0 Å². The number of carbonyl (C=O) groups excluding carboxylic acids is 1. The molecule has 1 aliphatic rings. The lowest BCUT2D eigenvalue weighted by Crippen LogP contribution is -2.44. The van der Waals surface area contributed by atoms with Crippen LogP contribution in [0.2, 0.25) is 0 Å². The number of rotatable bonds is 8. The number of methoxy groups -OCH3 is 2. The van der Waals surface area contributed by atoms with Crippen LogP contribution >= 0.6 is 12.4 Å². The van der Waals surface area contributed by atoms with Gasteiger partial charge in [-0.05, 0) is 12.5 Å². The van der Waals surface area contributed by atoms with Gasteiger partial charge in [0.25, 0.3) is 5.69 Å². The molecule has 1 unspecified atom stereocenters. The molecule has 0 saturated carbocycles. The lowest BCUT2D eigenvalue weighted by molar-refractivity contribution is -0.385. The smallest absolute Gasteiger partial charge is 0.276 e. The monoisotopic (exact) mass is 389 g/mol. The quantitative estimate of drug-likeness (QED) is 0.505. The van der Waals surface area contributed by atoms with E-state index in [0.29, 0.717) is 49.7 Å². The minimum absolute atomic E-state index is 0. The highest BCUT2D eigenvalue weighted by Crippen LogP contribution is 2.34. The highest BCUT2D eigenvalue weighted by Gasteiger charge is 2.20. The molecule has 1 aromatic carbocycles. The molecule has 1 heterocycles. The first kappa shape index (κ1) is 21.9. The second-order valence-corrected chi connectivity index (χ2v) is 5.62. The van der Waals surface area contributed by atoms with Crippen LogP contribution in [0.25, 0.3) is 0 Å². The molecule has 1 atom stereocenters. The van der Waals surface area contributed by atoms with Crippen LogP contribution in [0.15, 0.2) is 12.1 Å².